The number of nitrogens with two attached hydrogens (primary N) is 1. The summed E-state index contributed by atoms with van der Waals surface area (Å²) in [5.41, 5.74) is 7.13. The van der Waals surface area contributed by atoms with E-state index >= 15 is 0 Å². The maximum Gasteiger partial charge on any atom is 0.270 e. The summed E-state index contributed by atoms with van der Waals surface area (Å²) in [6, 6.07) is 2.26. The minimum atomic E-state index is 0.0566. The summed E-state index contributed by atoms with van der Waals surface area (Å²) < 4.78 is 2.02. The fraction of sp³-hybridized carbons (Fsp3) is 0.545. The van der Waals surface area contributed by atoms with Crippen LogP contribution in [0.25, 0.3) is 0 Å². The summed E-state index contributed by atoms with van der Waals surface area (Å²) in [5, 5.41) is 0. The highest BCUT2D eigenvalue weighted by Crippen LogP contribution is 2.37. The van der Waals surface area contributed by atoms with E-state index in [9.17, 15) is 4.79 Å². The topological polar surface area (TPSA) is 51.3 Å². The van der Waals surface area contributed by atoms with Crippen LogP contribution in [0.4, 0.5) is 5.69 Å². The fourth-order valence-corrected chi connectivity index (χ4v) is 1.67. The molecule has 1 amide bonds. The van der Waals surface area contributed by atoms with Gasteiger partial charge in [-0.3, -0.25) is 4.79 Å². The Labute approximate surface area is 89.7 Å². The molecule has 2 rings (SSSR count). The van der Waals surface area contributed by atoms with E-state index in [1.807, 2.05) is 24.7 Å². The van der Waals surface area contributed by atoms with Crippen LogP contribution in [-0.2, 0) is 0 Å². The van der Waals surface area contributed by atoms with Gasteiger partial charge < -0.3 is 15.2 Å². The number of nitrogens with zero attached hydrogens (tertiary/aromatic N) is 2. The molecule has 4 nitrogen and oxygen atoms in total. The third-order valence-corrected chi connectivity index (χ3v) is 2.85. The molecule has 1 aliphatic rings. The van der Waals surface area contributed by atoms with Gasteiger partial charge in [-0.1, -0.05) is 0 Å². The molecule has 1 saturated carbocycles. The van der Waals surface area contributed by atoms with Crippen molar-refractivity contribution in [2.75, 3.05) is 19.3 Å². The van der Waals surface area contributed by atoms with Crippen molar-refractivity contribution in [3.8, 4) is 0 Å². The maximum absolute atomic E-state index is 12.0. The van der Waals surface area contributed by atoms with Gasteiger partial charge in [0.15, 0.2) is 0 Å². The molecule has 0 aromatic carbocycles. The number of aromatic nitrogens is 1. The van der Waals surface area contributed by atoms with E-state index in [0.717, 1.165) is 18.5 Å². The van der Waals surface area contributed by atoms with Crippen molar-refractivity contribution in [3.63, 3.8) is 0 Å². The van der Waals surface area contributed by atoms with Crippen molar-refractivity contribution < 1.29 is 4.79 Å². The standard InChI is InChI=1S/C11H17N3O/c1-3-13(2)11(15)10-6-8(12)7-14(10)9-4-5-9/h6-7,9H,3-5,12H2,1-2H3. The summed E-state index contributed by atoms with van der Waals surface area (Å²) in [4.78, 5) is 13.7. The van der Waals surface area contributed by atoms with Crippen LogP contribution in [-0.4, -0.2) is 29.0 Å². The third kappa shape index (κ3) is 1.84. The average Bonchev–Trinajstić information content (AvgIpc) is 3.00. The summed E-state index contributed by atoms with van der Waals surface area (Å²) in [6.45, 7) is 2.68. The van der Waals surface area contributed by atoms with Crippen LogP contribution >= 0.6 is 0 Å². The molecule has 4 heteroatoms. The Morgan fingerprint density at radius 1 is 1.67 bits per heavy atom. The smallest absolute Gasteiger partial charge is 0.270 e. The van der Waals surface area contributed by atoms with Crippen LogP contribution < -0.4 is 5.73 Å². The lowest BCUT2D eigenvalue weighted by atomic mass is 10.3. The van der Waals surface area contributed by atoms with Crippen LogP contribution in [0.15, 0.2) is 12.3 Å². The van der Waals surface area contributed by atoms with Crippen LogP contribution in [0.1, 0.15) is 36.3 Å². The molecule has 1 aromatic heterocycles. The number of anilines is 1. The van der Waals surface area contributed by atoms with Crippen molar-refractivity contribution >= 4 is 11.6 Å². The van der Waals surface area contributed by atoms with Gasteiger partial charge in [0, 0.05) is 25.8 Å². The quantitative estimate of drug-likeness (QED) is 0.816. The Hall–Kier alpha value is -1.45. The van der Waals surface area contributed by atoms with Crippen molar-refractivity contribution in [2.24, 2.45) is 0 Å². The minimum absolute atomic E-state index is 0.0566. The van der Waals surface area contributed by atoms with Gasteiger partial charge in [-0.05, 0) is 25.8 Å². The molecule has 2 N–H and O–H groups in total. The van der Waals surface area contributed by atoms with E-state index < -0.39 is 0 Å². The van der Waals surface area contributed by atoms with E-state index in [0.29, 0.717) is 18.3 Å². The second-order valence-corrected chi connectivity index (χ2v) is 4.12. The molecule has 0 atom stereocenters. The molecule has 1 fully saturated rings. The summed E-state index contributed by atoms with van der Waals surface area (Å²) in [5.74, 6) is 0.0566. The molecule has 82 valence electrons. The summed E-state index contributed by atoms with van der Waals surface area (Å²) in [7, 11) is 1.81. The van der Waals surface area contributed by atoms with E-state index in [1.165, 1.54) is 0 Å². The highest BCUT2D eigenvalue weighted by Gasteiger charge is 2.28. The predicted molar refractivity (Wildman–Crippen MR) is 59.7 cm³/mol. The third-order valence-electron chi connectivity index (χ3n) is 2.85. The second-order valence-electron chi connectivity index (χ2n) is 4.12. The van der Waals surface area contributed by atoms with Gasteiger partial charge in [-0.2, -0.15) is 0 Å². The zero-order chi connectivity index (χ0) is 11.0. The van der Waals surface area contributed by atoms with E-state index in [-0.39, 0.29) is 5.91 Å². The van der Waals surface area contributed by atoms with Gasteiger partial charge in [-0.15, -0.1) is 0 Å². The molecule has 1 aromatic rings. The molecule has 0 saturated heterocycles. The molecule has 0 unspecified atom stereocenters. The fourth-order valence-electron chi connectivity index (χ4n) is 1.67. The highest BCUT2D eigenvalue weighted by molar-refractivity contribution is 5.93. The molecule has 15 heavy (non-hydrogen) atoms. The largest absolute Gasteiger partial charge is 0.397 e. The Morgan fingerprint density at radius 3 is 2.87 bits per heavy atom. The van der Waals surface area contributed by atoms with Gasteiger partial charge in [0.05, 0.1) is 5.69 Å². The van der Waals surface area contributed by atoms with E-state index in [4.69, 9.17) is 5.73 Å². The van der Waals surface area contributed by atoms with Crippen LogP contribution in [0.2, 0.25) is 0 Å². The van der Waals surface area contributed by atoms with Crippen LogP contribution in [0.5, 0.6) is 0 Å². The Bertz CT molecular complexity index is 379. The van der Waals surface area contributed by atoms with Gasteiger partial charge in [0.25, 0.3) is 5.91 Å². The van der Waals surface area contributed by atoms with Gasteiger partial charge in [-0.25, -0.2) is 0 Å². The van der Waals surface area contributed by atoms with Crippen LogP contribution in [0, 0.1) is 0 Å². The predicted octanol–water partition coefficient (Wildman–Crippen LogP) is 1.50. The van der Waals surface area contributed by atoms with Crippen molar-refractivity contribution in [1.29, 1.82) is 0 Å². The average molecular weight is 207 g/mol. The maximum atomic E-state index is 12.0. The van der Waals surface area contributed by atoms with E-state index in [2.05, 4.69) is 0 Å². The lowest BCUT2D eigenvalue weighted by molar-refractivity contribution is 0.0791. The van der Waals surface area contributed by atoms with Gasteiger partial charge in [0.2, 0.25) is 0 Å². The van der Waals surface area contributed by atoms with Gasteiger partial charge in [0.1, 0.15) is 5.69 Å². The number of rotatable bonds is 3. The van der Waals surface area contributed by atoms with Crippen molar-refractivity contribution in [1.82, 2.24) is 9.47 Å². The molecule has 0 aliphatic heterocycles. The molecular formula is C11H17N3O. The lowest BCUT2D eigenvalue weighted by Crippen LogP contribution is -2.28. The van der Waals surface area contributed by atoms with Crippen molar-refractivity contribution in [3.05, 3.63) is 18.0 Å². The molecule has 0 spiro atoms. The van der Waals surface area contributed by atoms with Crippen molar-refractivity contribution in [2.45, 2.75) is 25.8 Å². The first-order valence-corrected chi connectivity index (χ1v) is 5.36. The second kappa shape index (κ2) is 3.61. The molecular weight excluding hydrogens is 190 g/mol. The molecule has 1 heterocycles. The number of carbonyl (C=O) groups is 1. The molecule has 0 bridgehead atoms. The van der Waals surface area contributed by atoms with Crippen LogP contribution in [0.3, 0.4) is 0 Å². The zero-order valence-electron chi connectivity index (χ0n) is 9.23. The summed E-state index contributed by atoms with van der Waals surface area (Å²) >= 11 is 0. The molecule has 0 radical (unpaired) electrons. The Balaban J connectivity index is 2.29. The van der Waals surface area contributed by atoms with E-state index in [1.54, 1.807) is 11.0 Å². The number of carbonyl (C=O) groups excluding carboxylic acids is 1. The Morgan fingerprint density at radius 2 is 2.33 bits per heavy atom. The zero-order valence-corrected chi connectivity index (χ0v) is 9.23. The van der Waals surface area contributed by atoms with Gasteiger partial charge >= 0.3 is 0 Å². The Kier molecular flexibility index (Phi) is 2.42. The molecule has 1 aliphatic carbocycles. The monoisotopic (exact) mass is 207 g/mol. The first kappa shape index (κ1) is 10.1. The SMILES string of the molecule is CCN(C)C(=O)c1cc(N)cn1C1CC1. The first-order valence-electron chi connectivity index (χ1n) is 5.36. The number of hydrogen-bond donors (Lipinski definition) is 1. The number of nitrogen functional groups attached to an aromatic ring is 1. The summed E-state index contributed by atoms with van der Waals surface area (Å²) in [6.07, 6.45) is 4.18. The normalized spacial score (nSPS) is 15.3. The highest BCUT2D eigenvalue weighted by atomic mass is 16.2. The lowest BCUT2D eigenvalue weighted by Gasteiger charge is -2.15. The minimum Gasteiger partial charge on any atom is -0.397 e. The first-order chi connectivity index (χ1) is 7.13. The number of hydrogen-bond acceptors (Lipinski definition) is 2. The number of amides is 1.